The molecule has 0 radical (unpaired) electrons. The molecular formula is C15H15ClFNO3S. The summed E-state index contributed by atoms with van der Waals surface area (Å²) in [6.45, 7) is -0.218. The number of anilines is 1. The second kappa shape index (κ2) is 6.54. The van der Waals surface area contributed by atoms with E-state index >= 15 is 0 Å². The third kappa shape index (κ3) is 3.51. The van der Waals surface area contributed by atoms with Crippen molar-refractivity contribution >= 4 is 27.3 Å². The number of para-hydroxylation sites is 2. The molecule has 2 aromatic carbocycles. The number of benzene rings is 2. The van der Waals surface area contributed by atoms with E-state index in [1.54, 1.807) is 24.3 Å². The number of hydrogen-bond donors (Lipinski definition) is 0. The van der Waals surface area contributed by atoms with Crippen LogP contribution in [0.15, 0.2) is 42.5 Å². The molecule has 0 aliphatic heterocycles. The molecule has 0 heterocycles. The molecule has 0 aliphatic rings. The first-order valence-electron chi connectivity index (χ1n) is 6.38. The molecule has 0 saturated carbocycles. The lowest BCUT2D eigenvalue weighted by atomic mass is 10.2. The van der Waals surface area contributed by atoms with Crippen LogP contribution in [0.5, 0.6) is 5.75 Å². The van der Waals surface area contributed by atoms with E-state index in [-0.39, 0.29) is 17.1 Å². The van der Waals surface area contributed by atoms with Crippen LogP contribution >= 0.6 is 11.6 Å². The fourth-order valence-electron chi connectivity index (χ4n) is 2.04. The van der Waals surface area contributed by atoms with Crippen molar-refractivity contribution < 1.29 is 17.5 Å². The van der Waals surface area contributed by atoms with Crippen LogP contribution in [0.4, 0.5) is 10.1 Å². The van der Waals surface area contributed by atoms with Crippen molar-refractivity contribution in [1.82, 2.24) is 0 Å². The molecule has 0 atom stereocenters. The summed E-state index contributed by atoms with van der Waals surface area (Å²) in [5.41, 5.74) is 0.437. The molecule has 0 spiro atoms. The van der Waals surface area contributed by atoms with Crippen LogP contribution < -0.4 is 9.04 Å². The van der Waals surface area contributed by atoms with E-state index in [1.807, 2.05) is 0 Å². The van der Waals surface area contributed by atoms with Gasteiger partial charge in [0.2, 0.25) is 10.0 Å². The van der Waals surface area contributed by atoms with Gasteiger partial charge in [0.1, 0.15) is 11.6 Å². The predicted octanol–water partition coefficient (Wildman–Crippen LogP) is 3.45. The lowest BCUT2D eigenvalue weighted by Crippen LogP contribution is -2.30. The van der Waals surface area contributed by atoms with Crippen LogP contribution in [0.3, 0.4) is 0 Å². The molecule has 0 aromatic heterocycles. The second-order valence-electron chi connectivity index (χ2n) is 4.64. The monoisotopic (exact) mass is 343 g/mol. The maximum atomic E-state index is 14.0. The summed E-state index contributed by atoms with van der Waals surface area (Å²) in [5, 5.41) is 0.170. The maximum absolute atomic E-state index is 14.0. The Morgan fingerprint density at radius 3 is 2.45 bits per heavy atom. The molecule has 7 heteroatoms. The fourth-order valence-corrected chi connectivity index (χ4v) is 3.14. The minimum Gasteiger partial charge on any atom is -0.495 e. The molecule has 0 saturated heterocycles. The summed E-state index contributed by atoms with van der Waals surface area (Å²) >= 11 is 5.99. The number of nitrogens with zero attached hydrogens (tertiary/aromatic N) is 1. The van der Waals surface area contributed by atoms with Gasteiger partial charge in [0.05, 0.1) is 25.6 Å². The molecule has 22 heavy (non-hydrogen) atoms. The molecule has 0 amide bonds. The van der Waals surface area contributed by atoms with Gasteiger partial charge in [0.25, 0.3) is 0 Å². The molecular weight excluding hydrogens is 329 g/mol. The Morgan fingerprint density at radius 2 is 1.86 bits per heavy atom. The second-order valence-corrected chi connectivity index (χ2v) is 6.96. The van der Waals surface area contributed by atoms with Crippen molar-refractivity contribution in [2.45, 2.75) is 6.54 Å². The summed E-state index contributed by atoms with van der Waals surface area (Å²) < 4.78 is 44.5. The molecule has 2 aromatic rings. The van der Waals surface area contributed by atoms with Gasteiger partial charge < -0.3 is 4.74 Å². The van der Waals surface area contributed by atoms with E-state index in [0.717, 1.165) is 10.6 Å². The van der Waals surface area contributed by atoms with Gasteiger partial charge in [-0.3, -0.25) is 4.31 Å². The molecule has 4 nitrogen and oxygen atoms in total. The van der Waals surface area contributed by atoms with E-state index in [1.165, 1.54) is 25.3 Å². The molecule has 0 aliphatic carbocycles. The van der Waals surface area contributed by atoms with Crippen molar-refractivity contribution in [3.05, 3.63) is 58.9 Å². The van der Waals surface area contributed by atoms with E-state index < -0.39 is 15.8 Å². The third-order valence-corrected chi connectivity index (χ3v) is 4.60. The number of sulfonamides is 1. The maximum Gasteiger partial charge on any atom is 0.232 e. The van der Waals surface area contributed by atoms with Crippen molar-refractivity contribution in [3.63, 3.8) is 0 Å². The molecule has 0 unspecified atom stereocenters. The van der Waals surface area contributed by atoms with Crippen LogP contribution in [-0.2, 0) is 16.6 Å². The zero-order valence-corrected chi connectivity index (χ0v) is 13.7. The standard InChI is InChI=1S/C15H15ClFNO3S/c1-21-15-9-4-3-8-14(15)18(22(2,19)20)10-11-12(16)6-5-7-13(11)17/h3-9H,10H2,1-2H3. The number of ether oxygens (including phenoxy) is 1. The minimum atomic E-state index is -3.65. The average molecular weight is 344 g/mol. The zero-order valence-electron chi connectivity index (χ0n) is 12.1. The topological polar surface area (TPSA) is 46.6 Å². The smallest absolute Gasteiger partial charge is 0.232 e. The molecule has 0 N–H and O–H groups in total. The van der Waals surface area contributed by atoms with Crippen molar-refractivity contribution in [1.29, 1.82) is 0 Å². The SMILES string of the molecule is COc1ccccc1N(Cc1c(F)cccc1Cl)S(C)(=O)=O. The summed E-state index contributed by atoms with van der Waals surface area (Å²) in [4.78, 5) is 0. The van der Waals surface area contributed by atoms with Crippen molar-refractivity contribution in [2.75, 3.05) is 17.7 Å². The number of rotatable bonds is 5. The van der Waals surface area contributed by atoms with Gasteiger partial charge in [-0.05, 0) is 24.3 Å². The third-order valence-electron chi connectivity index (χ3n) is 3.12. The lowest BCUT2D eigenvalue weighted by Gasteiger charge is -2.24. The van der Waals surface area contributed by atoms with Crippen LogP contribution in [0.25, 0.3) is 0 Å². The zero-order chi connectivity index (χ0) is 16.3. The van der Waals surface area contributed by atoms with Crippen LogP contribution in [-0.4, -0.2) is 21.8 Å². The van der Waals surface area contributed by atoms with Crippen molar-refractivity contribution in [2.24, 2.45) is 0 Å². The summed E-state index contributed by atoms with van der Waals surface area (Å²) in [6, 6.07) is 10.9. The lowest BCUT2D eigenvalue weighted by molar-refractivity contribution is 0.415. The molecule has 0 bridgehead atoms. The summed E-state index contributed by atoms with van der Waals surface area (Å²) in [5.74, 6) is -0.184. The van der Waals surface area contributed by atoms with E-state index in [2.05, 4.69) is 0 Å². The Morgan fingerprint density at radius 1 is 1.18 bits per heavy atom. The van der Waals surface area contributed by atoms with Gasteiger partial charge in [-0.15, -0.1) is 0 Å². The first-order valence-corrected chi connectivity index (χ1v) is 8.61. The van der Waals surface area contributed by atoms with Crippen LogP contribution in [0.2, 0.25) is 5.02 Å². The Hall–Kier alpha value is -1.79. The Kier molecular flexibility index (Phi) is 4.93. The highest BCUT2D eigenvalue weighted by Crippen LogP contribution is 2.32. The van der Waals surface area contributed by atoms with E-state index in [0.29, 0.717) is 11.4 Å². The summed E-state index contributed by atoms with van der Waals surface area (Å²) in [6.07, 6.45) is 1.05. The molecule has 2 rings (SSSR count). The summed E-state index contributed by atoms with van der Waals surface area (Å²) in [7, 11) is -2.21. The number of halogens is 2. The highest BCUT2D eigenvalue weighted by atomic mass is 35.5. The number of methoxy groups -OCH3 is 1. The fraction of sp³-hybridized carbons (Fsp3) is 0.200. The Bertz CT molecular complexity index is 760. The first-order chi connectivity index (χ1) is 10.3. The first kappa shape index (κ1) is 16.6. The Balaban J connectivity index is 2.54. The van der Waals surface area contributed by atoms with Gasteiger partial charge in [0, 0.05) is 10.6 Å². The normalized spacial score (nSPS) is 11.3. The molecule has 0 fully saturated rings. The van der Waals surface area contributed by atoms with Crippen LogP contribution in [0.1, 0.15) is 5.56 Å². The van der Waals surface area contributed by atoms with Gasteiger partial charge in [-0.25, -0.2) is 12.8 Å². The van der Waals surface area contributed by atoms with Gasteiger partial charge >= 0.3 is 0 Å². The molecule has 118 valence electrons. The van der Waals surface area contributed by atoms with Gasteiger partial charge in [-0.1, -0.05) is 29.8 Å². The number of hydrogen-bond acceptors (Lipinski definition) is 3. The Labute approximate surface area is 134 Å². The van der Waals surface area contributed by atoms with Gasteiger partial charge in [-0.2, -0.15) is 0 Å². The van der Waals surface area contributed by atoms with E-state index in [9.17, 15) is 12.8 Å². The average Bonchev–Trinajstić information content (AvgIpc) is 2.45. The minimum absolute atomic E-state index is 0.112. The van der Waals surface area contributed by atoms with Crippen LogP contribution in [0, 0.1) is 5.82 Å². The highest BCUT2D eigenvalue weighted by Gasteiger charge is 2.23. The quantitative estimate of drug-likeness (QED) is 0.835. The predicted molar refractivity (Wildman–Crippen MR) is 85.4 cm³/mol. The largest absolute Gasteiger partial charge is 0.495 e. The van der Waals surface area contributed by atoms with Gasteiger partial charge in [0.15, 0.2) is 0 Å². The highest BCUT2D eigenvalue weighted by molar-refractivity contribution is 7.92. The van der Waals surface area contributed by atoms with Crippen molar-refractivity contribution in [3.8, 4) is 5.75 Å². The van der Waals surface area contributed by atoms with E-state index in [4.69, 9.17) is 16.3 Å².